The quantitative estimate of drug-likeness (QED) is 0.454. The predicted molar refractivity (Wildman–Crippen MR) is 83.3 cm³/mol. The minimum absolute atomic E-state index is 0.402. The number of rotatable bonds is 6. The number of ether oxygens (including phenoxy) is 2. The maximum atomic E-state index is 11.7. The Morgan fingerprint density at radius 1 is 1.00 bits per heavy atom. The summed E-state index contributed by atoms with van der Waals surface area (Å²) in [7, 11) is 0. The van der Waals surface area contributed by atoms with E-state index >= 15 is 0 Å². The van der Waals surface area contributed by atoms with Crippen LogP contribution in [0.2, 0.25) is 0 Å². The van der Waals surface area contributed by atoms with Gasteiger partial charge in [0.25, 0.3) is 0 Å². The molecule has 3 heteroatoms. The highest BCUT2D eigenvalue weighted by atomic mass is 16.5. The van der Waals surface area contributed by atoms with Crippen LogP contribution in [0.15, 0.2) is 60.7 Å². The third kappa shape index (κ3) is 5.15. The summed E-state index contributed by atoms with van der Waals surface area (Å²) in [6.45, 7) is 2.73. The Morgan fingerprint density at radius 2 is 1.67 bits per heavy atom. The number of hydrogen-bond acceptors (Lipinski definition) is 3. The number of carbonyl (C=O) groups excluding carboxylic acids is 1. The number of hydrogen-bond donors (Lipinski definition) is 0. The summed E-state index contributed by atoms with van der Waals surface area (Å²) >= 11 is 0. The van der Waals surface area contributed by atoms with Crippen LogP contribution in [0.1, 0.15) is 18.9 Å². The minimum atomic E-state index is -0.402. The van der Waals surface area contributed by atoms with Gasteiger partial charge in [-0.3, -0.25) is 0 Å². The van der Waals surface area contributed by atoms with Gasteiger partial charge in [0, 0.05) is 6.08 Å². The van der Waals surface area contributed by atoms with Crippen molar-refractivity contribution in [3.63, 3.8) is 0 Å². The predicted octanol–water partition coefficient (Wildman–Crippen LogP) is 4.09. The highest BCUT2D eigenvalue weighted by Gasteiger charge is 2.01. The molecule has 0 spiro atoms. The van der Waals surface area contributed by atoms with E-state index in [9.17, 15) is 4.79 Å². The molecule has 21 heavy (non-hydrogen) atoms. The van der Waals surface area contributed by atoms with E-state index in [2.05, 4.69) is 6.92 Å². The minimum Gasteiger partial charge on any atom is -0.494 e. The van der Waals surface area contributed by atoms with E-state index in [0.717, 1.165) is 17.7 Å². The maximum absolute atomic E-state index is 11.7. The first-order valence-corrected chi connectivity index (χ1v) is 6.96. The molecular formula is C18H18O3. The van der Waals surface area contributed by atoms with Crippen LogP contribution < -0.4 is 9.47 Å². The van der Waals surface area contributed by atoms with Crippen LogP contribution in [0.4, 0.5) is 0 Å². The molecule has 0 aliphatic carbocycles. The molecule has 0 unspecified atom stereocenters. The molecule has 0 bridgehead atoms. The first-order valence-electron chi connectivity index (χ1n) is 6.96. The van der Waals surface area contributed by atoms with Gasteiger partial charge < -0.3 is 9.47 Å². The Morgan fingerprint density at radius 3 is 2.33 bits per heavy atom. The van der Waals surface area contributed by atoms with Crippen LogP contribution in [0.5, 0.6) is 11.5 Å². The van der Waals surface area contributed by atoms with E-state index < -0.39 is 5.97 Å². The molecule has 0 amide bonds. The molecule has 0 atom stereocenters. The van der Waals surface area contributed by atoms with Crippen LogP contribution in [-0.2, 0) is 4.79 Å². The smallest absolute Gasteiger partial charge is 0.336 e. The molecule has 3 nitrogen and oxygen atoms in total. The van der Waals surface area contributed by atoms with Crippen molar-refractivity contribution in [2.24, 2.45) is 0 Å². The summed E-state index contributed by atoms with van der Waals surface area (Å²) in [5, 5.41) is 0. The Balaban J connectivity index is 1.89. The third-order valence-corrected chi connectivity index (χ3v) is 2.73. The van der Waals surface area contributed by atoms with Crippen LogP contribution in [0.25, 0.3) is 6.08 Å². The molecule has 2 aromatic carbocycles. The third-order valence-electron chi connectivity index (χ3n) is 2.73. The molecular weight excluding hydrogens is 264 g/mol. The van der Waals surface area contributed by atoms with Gasteiger partial charge in [-0.2, -0.15) is 0 Å². The average Bonchev–Trinajstić information content (AvgIpc) is 2.53. The topological polar surface area (TPSA) is 35.5 Å². The van der Waals surface area contributed by atoms with Crippen molar-refractivity contribution < 1.29 is 14.3 Å². The average molecular weight is 282 g/mol. The second-order valence-corrected chi connectivity index (χ2v) is 4.48. The van der Waals surface area contributed by atoms with Crippen LogP contribution in [0, 0.1) is 0 Å². The van der Waals surface area contributed by atoms with Gasteiger partial charge in [-0.05, 0) is 42.3 Å². The first kappa shape index (κ1) is 14.9. The Bertz CT molecular complexity index is 586. The Kier molecular flexibility index (Phi) is 5.59. The normalized spacial score (nSPS) is 10.5. The van der Waals surface area contributed by atoms with E-state index in [0.29, 0.717) is 12.4 Å². The molecule has 0 heterocycles. The van der Waals surface area contributed by atoms with E-state index in [1.807, 2.05) is 30.3 Å². The lowest BCUT2D eigenvalue weighted by molar-refractivity contribution is -0.128. The number of esters is 1. The van der Waals surface area contributed by atoms with Gasteiger partial charge in [0.15, 0.2) is 0 Å². The van der Waals surface area contributed by atoms with Gasteiger partial charge in [-0.25, -0.2) is 4.79 Å². The molecule has 0 aromatic heterocycles. The molecule has 0 saturated heterocycles. The molecule has 2 rings (SSSR count). The van der Waals surface area contributed by atoms with Gasteiger partial charge in [0.2, 0.25) is 0 Å². The van der Waals surface area contributed by atoms with Gasteiger partial charge in [-0.1, -0.05) is 37.3 Å². The van der Waals surface area contributed by atoms with E-state index in [-0.39, 0.29) is 0 Å². The molecule has 2 aromatic rings. The van der Waals surface area contributed by atoms with Crippen molar-refractivity contribution in [3.05, 3.63) is 66.2 Å². The van der Waals surface area contributed by atoms with Gasteiger partial charge in [0.1, 0.15) is 11.5 Å². The summed E-state index contributed by atoms with van der Waals surface area (Å²) in [4.78, 5) is 11.7. The van der Waals surface area contributed by atoms with Crippen LogP contribution in [-0.4, -0.2) is 12.6 Å². The summed E-state index contributed by atoms with van der Waals surface area (Å²) < 4.78 is 10.7. The van der Waals surface area contributed by atoms with Crippen LogP contribution >= 0.6 is 0 Å². The zero-order chi connectivity index (χ0) is 14.9. The molecule has 0 aliphatic rings. The number of benzene rings is 2. The zero-order valence-electron chi connectivity index (χ0n) is 12.0. The summed E-state index contributed by atoms with van der Waals surface area (Å²) in [5.41, 5.74) is 0.956. The largest absolute Gasteiger partial charge is 0.494 e. The zero-order valence-corrected chi connectivity index (χ0v) is 12.0. The maximum Gasteiger partial charge on any atom is 0.336 e. The van der Waals surface area contributed by atoms with Crippen molar-refractivity contribution in [2.75, 3.05) is 6.61 Å². The standard InChI is InChI=1S/C18H18O3/c1-2-14-20-16-9-11-17(12-10-16)21-18(19)13-8-15-6-4-3-5-7-15/h3-13H,2,14H2,1H3/b13-8+. The monoisotopic (exact) mass is 282 g/mol. The fraction of sp³-hybridized carbons (Fsp3) is 0.167. The summed E-state index contributed by atoms with van der Waals surface area (Å²) in [6, 6.07) is 16.6. The summed E-state index contributed by atoms with van der Waals surface area (Å²) in [6.07, 6.45) is 4.10. The van der Waals surface area contributed by atoms with Gasteiger partial charge in [0.05, 0.1) is 6.61 Å². The first-order chi connectivity index (χ1) is 10.3. The SMILES string of the molecule is CCCOc1ccc(OC(=O)/C=C/c2ccccc2)cc1. The van der Waals surface area contributed by atoms with Crippen molar-refractivity contribution in [2.45, 2.75) is 13.3 Å². The molecule has 108 valence electrons. The fourth-order valence-corrected chi connectivity index (χ4v) is 1.70. The number of carbonyl (C=O) groups is 1. The second kappa shape index (κ2) is 7.90. The van der Waals surface area contributed by atoms with Crippen LogP contribution in [0.3, 0.4) is 0 Å². The lowest BCUT2D eigenvalue weighted by atomic mass is 10.2. The van der Waals surface area contributed by atoms with Gasteiger partial charge >= 0.3 is 5.97 Å². The molecule has 0 aliphatic heterocycles. The lowest BCUT2D eigenvalue weighted by Gasteiger charge is -2.05. The van der Waals surface area contributed by atoms with E-state index in [1.165, 1.54) is 6.08 Å². The van der Waals surface area contributed by atoms with Crippen molar-refractivity contribution in [1.82, 2.24) is 0 Å². The Hall–Kier alpha value is -2.55. The summed E-state index contributed by atoms with van der Waals surface area (Å²) in [5.74, 6) is 0.874. The van der Waals surface area contributed by atoms with Crippen molar-refractivity contribution in [1.29, 1.82) is 0 Å². The fourth-order valence-electron chi connectivity index (χ4n) is 1.70. The van der Waals surface area contributed by atoms with Crippen molar-refractivity contribution >= 4 is 12.0 Å². The molecule has 0 N–H and O–H groups in total. The lowest BCUT2D eigenvalue weighted by Crippen LogP contribution is -2.03. The second-order valence-electron chi connectivity index (χ2n) is 4.48. The van der Waals surface area contributed by atoms with E-state index in [4.69, 9.17) is 9.47 Å². The van der Waals surface area contributed by atoms with Gasteiger partial charge in [-0.15, -0.1) is 0 Å². The highest BCUT2D eigenvalue weighted by molar-refractivity contribution is 5.88. The molecule has 0 radical (unpaired) electrons. The van der Waals surface area contributed by atoms with E-state index in [1.54, 1.807) is 30.3 Å². The molecule has 0 fully saturated rings. The Labute approximate surface area is 124 Å². The highest BCUT2D eigenvalue weighted by Crippen LogP contribution is 2.18. The molecule has 0 saturated carbocycles. The van der Waals surface area contributed by atoms with Crippen molar-refractivity contribution in [3.8, 4) is 11.5 Å².